The molecule has 4 heteroatoms. The molecule has 2 N–H and O–H groups in total. The molecule has 1 aromatic rings. The molecule has 86 valence electrons. The molecule has 0 amide bonds. The Balaban J connectivity index is 1.89. The van der Waals surface area contributed by atoms with E-state index < -0.39 is 0 Å². The zero-order chi connectivity index (χ0) is 11.0. The lowest BCUT2D eigenvalue weighted by molar-refractivity contribution is -0.128. The molecule has 0 bridgehead atoms. The highest BCUT2D eigenvalue weighted by Gasteiger charge is 2.47. The van der Waals surface area contributed by atoms with Gasteiger partial charge >= 0.3 is 0 Å². The first-order chi connectivity index (χ1) is 7.80. The van der Waals surface area contributed by atoms with Crippen molar-refractivity contribution in [3.8, 4) is 0 Å². The predicted molar refractivity (Wildman–Crippen MR) is 58.7 cm³/mol. The van der Waals surface area contributed by atoms with Crippen LogP contribution in [-0.4, -0.2) is 31.8 Å². The standard InChI is InChI=1S/C12H15FN2O/c13-10-3-1-9(2-4-10)11-12(7-14-8-12)16-6-5-15-11/h1-4,11,14-15H,5-8H2. The first-order valence-electron chi connectivity index (χ1n) is 5.64. The number of halogens is 1. The topological polar surface area (TPSA) is 33.3 Å². The molecule has 2 heterocycles. The second-order valence-electron chi connectivity index (χ2n) is 4.46. The average Bonchev–Trinajstić information content (AvgIpc) is 2.28. The molecule has 2 saturated heterocycles. The smallest absolute Gasteiger partial charge is 0.123 e. The van der Waals surface area contributed by atoms with Gasteiger partial charge in [0.1, 0.15) is 11.4 Å². The summed E-state index contributed by atoms with van der Waals surface area (Å²) in [5.74, 6) is -0.193. The fourth-order valence-corrected chi connectivity index (χ4v) is 2.48. The number of rotatable bonds is 1. The molecule has 0 saturated carbocycles. The van der Waals surface area contributed by atoms with E-state index in [1.54, 1.807) is 0 Å². The van der Waals surface area contributed by atoms with Crippen molar-refractivity contribution < 1.29 is 9.13 Å². The minimum absolute atomic E-state index is 0.129. The van der Waals surface area contributed by atoms with Crippen molar-refractivity contribution in [2.75, 3.05) is 26.2 Å². The fraction of sp³-hybridized carbons (Fsp3) is 0.500. The summed E-state index contributed by atoms with van der Waals surface area (Å²) >= 11 is 0. The van der Waals surface area contributed by atoms with Gasteiger partial charge in [-0.1, -0.05) is 12.1 Å². The van der Waals surface area contributed by atoms with E-state index in [4.69, 9.17) is 4.74 Å². The monoisotopic (exact) mass is 222 g/mol. The summed E-state index contributed by atoms with van der Waals surface area (Å²) in [6, 6.07) is 6.85. The number of benzene rings is 1. The van der Waals surface area contributed by atoms with Crippen molar-refractivity contribution in [1.82, 2.24) is 10.6 Å². The summed E-state index contributed by atoms with van der Waals surface area (Å²) in [4.78, 5) is 0. The Labute approximate surface area is 94.0 Å². The highest BCUT2D eigenvalue weighted by molar-refractivity contribution is 5.26. The molecular weight excluding hydrogens is 207 g/mol. The summed E-state index contributed by atoms with van der Waals surface area (Å²) in [5.41, 5.74) is 0.971. The molecule has 1 atom stereocenters. The van der Waals surface area contributed by atoms with E-state index in [0.29, 0.717) is 0 Å². The van der Waals surface area contributed by atoms with E-state index >= 15 is 0 Å². The molecular formula is C12H15FN2O. The second-order valence-corrected chi connectivity index (χ2v) is 4.46. The normalized spacial score (nSPS) is 27.7. The molecule has 16 heavy (non-hydrogen) atoms. The van der Waals surface area contributed by atoms with Crippen LogP contribution in [0.1, 0.15) is 11.6 Å². The Bertz CT molecular complexity index is 375. The first kappa shape index (κ1) is 10.2. The first-order valence-corrected chi connectivity index (χ1v) is 5.64. The van der Waals surface area contributed by atoms with Crippen molar-refractivity contribution in [2.45, 2.75) is 11.6 Å². The number of ether oxygens (including phenoxy) is 1. The van der Waals surface area contributed by atoms with Gasteiger partial charge in [0, 0.05) is 19.6 Å². The summed E-state index contributed by atoms with van der Waals surface area (Å²) in [6.45, 7) is 3.33. The Kier molecular flexibility index (Phi) is 2.42. The van der Waals surface area contributed by atoms with Gasteiger partial charge in [-0.25, -0.2) is 4.39 Å². The van der Waals surface area contributed by atoms with Crippen LogP contribution in [0, 0.1) is 5.82 Å². The minimum Gasteiger partial charge on any atom is -0.369 e. The lowest BCUT2D eigenvalue weighted by atomic mass is 9.82. The Morgan fingerprint density at radius 3 is 2.62 bits per heavy atom. The Morgan fingerprint density at radius 1 is 1.25 bits per heavy atom. The van der Waals surface area contributed by atoms with Gasteiger partial charge in [-0.2, -0.15) is 0 Å². The van der Waals surface area contributed by atoms with Crippen molar-refractivity contribution in [1.29, 1.82) is 0 Å². The van der Waals surface area contributed by atoms with Crippen LogP contribution in [0.15, 0.2) is 24.3 Å². The maximum Gasteiger partial charge on any atom is 0.123 e. The van der Waals surface area contributed by atoms with E-state index in [2.05, 4.69) is 10.6 Å². The molecule has 1 spiro atoms. The van der Waals surface area contributed by atoms with E-state index in [1.165, 1.54) is 12.1 Å². The molecule has 2 aliphatic heterocycles. The molecule has 0 aliphatic carbocycles. The van der Waals surface area contributed by atoms with E-state index in [-0.39, 0.29) is 17.5 Å². The maximum atomic E-state index is 12.9. The van der Waals surface area contributed by atoms with Gasteiger partial charge in [-0.15, -0.1) is 0 Å². The van der Waals surface area contributed by atoms with Gasteiger partial charge < -0.3 is 15.4 Å². The van der Waals surface area contributed by atoms with Crippen molar-refractivity contribution in [3.63, 3.8) is 0 Å². The lowest BCUT2D eigenvalue weighted by Crippen LogP contribution is -2.69. The van der Waals surface area contributed by atoms with E-state index in [1.807, 2.05) is 12.1 Å². The zero-order valence-electron chi connectivity index (χ0n) is 9.00. The number of morpholine rings is 1. The largest absolute Gasteiger partial charge is 0.369 e. The van der Waals surface area contributed by atoms with Crippen molar-refractivity contribution in [3.05, 3.63) is 35.6 Å². The van der Waals surface area contributed by atoms with Gasteiger partial charge in [-0.05, 0) is 17.7 Å². The van der Waals surface area contributed by atoms with Gasteiger partial charge in [-0.3, -0.25) is 0 Å². The molecule has 3 rings (SSSR count). The molecule has 1 unspecified atom stereocenters. The molecule has 0 aromatic heterocycles. The van der Waals surface area contributed by atoms with Gasteiger partial charge in [0.25, 0.3) is 0 Å². The molecule has 2 aliphatic rings. The van der Waals surface area contributed by atoms with E-state index in [0.717, 1.165) is 31.8 Å². The maximum absolute atomic E-state index is 12.9. The zero-order valence-corrected chi connectivity index (χ0v) is 9.00. The quantitative estimate of drug-likeness (QED) is 0.738. The molecule has 3 nitrogen and oxygen atoms in total. The van der Waals surface area contributed by atoms with Gasteiger partial charge in [0.2, 0.25) is 0 Å². The van der Waals surface area contributed by atoms with Crippen molar-refractivity contribution >= 4 is 0 Å². The summed E-state index contributed by atoms with van der Waals surface area (Å²) < 4.78 is 18.8. The third-order valence-corrected chi connectivity index (χ3v) is 3.42. The van der Waals surface area contributed by atoms with Crippen LogP contribution in [-0.2, 0) is 4.74 Å². The number of hydrogen-bond donors (Lipinski definition) is 2. The molecule has 0 radical (unpaired) electrons. The highest BCUT2D eigenvalue weighted by atomic mass is 19.1. The summed E-state index contributed by atoms with van der Waals surface area (Å²) in [5, 5.41) is 6.70. The van der Waals surface area contributed by atoms with Crippen LogP contribution in [0.25, 0.3) is 0 Å². The SMILES string of the molecule is Fc1ccc(C2NCCOC23CNC3)cc1. The molecule has 1 aromatic carbocycles. The lowest BCUT2D eigenvalue weighted by Gasteiger charge is -2.50. The van der Waals surface area contributed by atoms with Crippen LogP contribution in [0.2, 0.25) is 0 Å². The molecule has 2 fully saturated rings. The van der Waals surface area contributed by atoms with Crippen LogP contribution in [0.4, 0.5) is 4.39 Å². The predicted octanol–water partition coefficient (Wildman–Crippen LogP) is 0.829. The van der Waals surface area contributed by atoms with Gasteiger partial charge in [0.15, 0.2) is 0 Å². The third-order valence-electron chi connectivity index (χ3n) is 3.42. The minimum atomic E-state index is -0.193. The Morgan fingerprint density at radius 2 is 2.00 bits per heavy atom. The van der Waals surface area contributed by atoms with Crippen LogP contribution < -0.4 is 10.6 Å². The van der Waals surface area contributed by atoms with Crippen LogP contribution in [0.3, 0.4) is 0 Å². The van der Waals surface area contributed by atoms with E-state index in [9.17, 15) is 4.39 Å². The summed E-state index contributed by atoms with van der Waals surface area (Å²) in [7, 11) is 0. The fourth-order valence-electron chi connectivity index (χ4n) is 2.48. The Hall–Kier alpha value is -0.970. The summed E-state index contributed by atoms with van der Waals surface area (Å²) in [6.07, 6.45) is 0. The van der Waals surface area contributed by atoms with Gasteiger partial charge in [0.05, 0.1) is 12.6 Å². The van der Waals surface area contributed by atoms with Crippen LogP contribution >= 0.6 is 0 Å². The average molecular weight is 222 g/mol. The van der Waals surface area contributed by atoms with Crippen molar-refractivity contribution in [2.24, 2.45) is 0 Å². The highest BCUT2D eigenvalue weighted by Crippen LogP contribution is 2.34. The second kappa shape index (κ2) is 3.80. The number of hydrogen-bond acceptors (Lipinski definition) is 3. The van der Waals surface area contributed by atoms with Crippen LogP contribution in [0.5, 0.6) is 0 Å². The number of nitrogens with one attached hydrogen (secondary N) is 2. The third kappa shape index (κ3) is 1.54.